The van der Waals surface area contributed by atoms with Crippen LogP contribution in [0.4, 0.5) is 8.78 Å². The standard InChI is InChI=1S/C16H22F2N2O3/c1-3-8-19-14(21)6-7-15(22)20-10-16(2,23)12-5-4-11(17)9-13(12)18/h4-5,9,23H,3,6-8,10H2,1-2H3,(H,19,21)(H,20,22). The minimum atomic E-state index is -1.68. The Bertz CT molecular complexity index is 562. The Hall–Kier alpha value is -2.02. The van der Waals surface area contributed by atoms with Crippen molar-refractivity contribution in [3.05, 3.63) is 35.4 Å². The Morgan fingerprint density at radius 3 is 2.35 bits per heavy atom. The molecule has 3 N–H and O–H groups in total. The minimum Gasteiger partial charge on any atom is -0.383 e. The number of carbonyl (C=O) groups excluding carboxylic acids is 2. The van der Waals surface area contributed by atoms with Gasteiger partial charge in [-0.05, 0) is 19.4 Å². The summed E-state index contributed by atoms with van der Waals surface area (Å²) in [6.45, 7) is 3.55. The molecule has 1 atom stereocenters. The summed E-state index contributed by atoms with van der Waals surface area (Å²) in [5, 5.41) is 15.3. The van der Waals surface area contributed by atoms with E-state index in [-0.39, 0.29) is 30.9 Å². The maximum Gasteiger partial charge on any atom is 0.220 e. The van der Waals surface area contributed by atoms with Crippen LogP contribution in [0.2, 0.25) is 0 Å². The lowest BCUT2D eigenvalue weighted by Crippen LogP contribution is -2.39. The van der Waals surface area contributed by atoms with Gasteiger partial charge in [0.15, 0.2) is 0 Å². The molecule has 1 rings (SSSR count). The van der Waals surface area contributed by atoms with Crippen LogP contribution < -0.4 is 10.6 Å². The predicted molar refractivity (Wildman–Crippen MR) is 81.5 cm³/mol. The number of hydrogen-bond donors (Lipinski definition) is 3. The summed E-state index contributed by atoms with van der Waals surface area (Å²) in [5.74, 6) is -2.29. The molecular weight excluding hydrogens is 306 g/mol. The van der Waals surface area contributed by atoms with E-state index in [4.69, 9.17) is 0 Å². The molecule has 1 aromatic carbocycles. The number of carbonyl (C=O) groups is 2. The first-order chi connectivity index (χ1) is 10.8. The second-order valence-electron chi connectivity index (χ2n) is 5.52. The summed E-state index contributed by atoms with van der Waals surface area (Å²) in [5.41, 5.74) is -1.79. The number of nitrogens with one attached hydrogen (secondary N) is 2. The van der Waals surface area contributed by atoms with Crippen molar-refractivity contribution in [1.82, 2.24) is 10.6 Å². The van der Waals surface area contributed by atoms with E-state index >= 15 is 0 Å². The average Bonchev–Trinajstić information content (AvgIpc) is 2.48. The molecule has 7 heteroatoms. The maximum atomic E-state index is 13.7. The van der Waals surface area contributed by atoms with Crippen molar-refractivity contribution >= 4 is 11.8 Å². The van der Waals surface area contributed by atoms with E-state index in [0.29, 0.717) is 12.6 Å². The smallest absolute Gasteiger partial charge is 0.220 e. The lowest BCUT2D eigenvalue weighted by atomic mass is 9.95. The zero-order chi connectivity index (χ0) is 17.5. The topological polar surface area (TPSA) is 78.4 Å². The van der Waals surface area contributed by atoms with Gasteiger partial charge in [0.1, 0.15) is 17.2 Å². The summed E-state index contributed by atoms with van der Waals surface area (Å²) in [6, 6.07) is 2.84. The van der Waals surface area contributed by atoms with E-state index in [1.54, 1.807) is 0 Å². The third-order valence-corrected chi connectivity index (χ3v) is 3.29. The lowest BCUT2D eigenvalue weighted by molar-refractivity contribution is -0.127. The van der Waals surface area contributed by atoms with Crippen molar-refractivity contribution in [3.63, 3.8) is 0 Å². The number of aliphatic hydroxyl groups is 1. The van der Waals surface area contributed by atoms with Crippen molar-refractivity contribution in [2.45, 2.75) is 38.7 Å². The summed E-state index contributed by atoms with van der Waals surface area (Å²) < 4.78 is 26.6. The molecule has 0 spiro atoms. The van der Waals surface area contributed by atoms with Crippen molar-refractivity contribution in [3.8, 4) is 0 Å². The van der Waals surface area contributed by atoms with Crippen molar-refractivity contribution in [1.29, 1.82) is 0 Å². The molecule has 1 unspecified atom stereocenters. The molecule has 0 aliphatic carbocycles. The third kappa shape index (κ3) is 6.32. The Labute approximate surface area is 134 Å². The fourth-order valence-electron chi connectivity index (χ4n) is 1.96. The van der Waals surface area contributed by atoms with Crippen LogP contribution >= 0.6 is 0 Å². The molecule has 0 aliphatic rings. The van der Waals surface area contributed by atoms with Crippen molar-refractivity contribution in [2.75, 3.05) is 13.1 Å². The molecule has 0 aliphatic heterocycles. The number of hydrogen-bond acceptors (Lipinski definition) is 3. The first-order valence-electron chi connectivity index (χ1n) is 7.47. The molecule has 0 heterocycles. The van der Waals surface area contributed by atoms with Crippen LogP contribution in [-0.2, 0) is 15.2 Å². The van der Waals surface area contributed by atoms with Gasteiger partial charge < -0.3 is 15.7 Å². The Morgan fingerprint density at radius 1 is 1.17 bits per heavy atom. The fraction of sp³-hybridized carbons (Fsp3) is 0.500. The molecule has 0 fully saturated rings. The van der Waals surface area contributed by atoms with E-state index < -0.39 is 23.1 Å². The number of amides is 2. The van der Waals surface area contributed by atoms with Gasteiger partial charge in [-0.15, -0.1) is 0 Å². The average molecular weight is 328 g/mol. The van der Waals surface area contributed by atoms with E-state index in [9.17, 15) is 23.5 Å². The molecule has 5 nitrogen and oxygen atoms in total. The highest BCUT2D eigenvalue weighted by Crippen LogP contribution is 2.23. The highest BCUT2D eigenvalue weighted by Gasteiger charge is 2.27. The lowest BCUT2D eigenvalue weighted by Gasteiger charge is -2.24. The number of rotatable bonds is 8. The predicted octanol–water partition coefficient (Wildman–Crippen LogP) is 1.59. The van der Waals surface area contributed by atoms with Crippen LogP contribution in [-0.4, -0.2) is 30.0 Å². The van der Waals surface area contributed by atoms with Crippen LogP contribution in [0.25, 0.3) is 0 Å². The molecular formula is C16H22F2N2O3. The Balaban J connectivity index is 2.49. The largest absolute Gasteiger partial charge is 0.383 e. The molecule has 128 valence electrons. The zero-order valence-corrected chi connectivity index (χ0v) is 13.3. The molecule has 0 aromatic heterocycles. The molecule has 2 amide bonds. The summed E-state index contributed by atoms with van der Waals surface area (Å²) in [7, 11) is 0. The second-order valence-corrected chi connectivity index (χ2v) is 5.52. The van der Waals surface area contributed by atoms with Gasteiger partial charge in [0.25, 0.3) is 0 Å². The number of halogens is 2. The summed E-state index contributed by atoms with van der Waals surface area (Å²) >= 11 is 0. The third-order valence-electron chi connectivity index (χ3n) is 3.29. The van der Waals surface area contributed by atoms with Crippen LogP contribution in [0.15, 0.2) is 18.2 Å². The maximum absolute atomic E-state index is 13.7. The Morgan fingerprint density at radius 2 is 1.78 bits per heavy atom. The second kappa shape index (κ2) is 8.57. The van der Waals surface area contributed by atoms with Crippen LogP contribution in [0.5, 0.6) is 0 Å². The molecule has 0 saturated carbocycles. The van der Waals surface area contributed by atoms with Crippen molar-refractivity contribution < 1.29 is 23.5 Å². The van der Waals surface area contributed by atoms with Crippen LogP contribution in [0.1, 0.15) is 38.7 Å². The zero-order valence-electron chi connectivity index (χ0n) is 13.3. The van der Waals surface area contributed by atoms with Crippen LogP contribution in [0, 0.1) is 11.6 Å². The van der Waals surface area contributed by atoms with Crippen molar-refractivity contribution in [2.24, 2.45) is 0 Å². The quantitative estimate of drug-likeness (QED) is 0.678. The molecule has 1 aromatic rings. The van der Waals surface area contributed by atoms with Crippen LogP contribution in [0.3, 0.4) is 0 Å². The Kier molecular flexibility index (Phi) is 7.09. The van der Waals surface area contributed by atoms with E-state index in [0.717, 1.165) is 18.6 Å². The molecule has 23 heavy (non-hydrogen) atoms. The van der Waals surface area contributed by atoms with Gasteiger partial charge in [0.05, 0.1) is 6.54 Å². The van der Waals surface area contributed by atoms with E-state index in [1.807, 2.05) is 6.92 Å². The molecule has 0 saturated heterocycles. The van der Waals surface area contributed by atoms with Gasteiger partial charge >= 0.3 is 0 Å². The van der Waals surface area contributed by atoms with Gasteiger partial charge in [0, 0.05) is 31.0 Å². The first kappa shape index (κ1) is 19.0. The summed E-state index contributed by atoms with van der Waals surface area (Å²) in [6.07, 6.45) is 0.820. The molecule has 0 radical (unpaired) electrons. The van der Waals surface area contributed by atoms with E-state index in [1.165, 1.54) is 6.92 Å². The fourth-order valence-corrected chi connectivity index (χ4v) is 1.96. The number of benzene rings is 1. The summed E-state index contributed by atoms with van der Waals surface area (Å²) in [4.78, 5) is 23.1. The highest BCUT2D eigenvalue weighted by molar-refractivity contribution is 5.83. The highest BCUT2D eigenvalue weighted by atomic mass is 19.1. The first-order valence-corrected chi connectivity index (χ1v) is 7.47. The normalized spacial score (nSPS) is 13.3. The SMILES string of the molecule is CCCNC(=O)CCC(=O)NCC(C)(O)c1ccc(F)cc1F. The van der Waals surface area contributed by atoms with Gasteiger partial charge in [-0.1, -0.05) is 13.0 Å². The molecule has 0 bridgehead atoms. The van der Waals surface area contributed by atoms with Gasteiger partial charge in [-0.3, -0.25) is 9.59 Å². The van der Waals surface area contributed by atoms with Gasteiger partial charge in [-0.2, -0.15) is 0 Å². The monoisotopic (exact) mass is 328 g/mol. The van der Waals surface area contributed by atoms with Gasteiger partial charge in [-0.25, -0.2) is 8.78 Å². The van der Waals surface area contributed by atoms with E-state index in [2.05, 4.69) is 10.6 Å². The van der Waals surface area contributed by atoms with Gasteiger partial charge in [0.2, 0.25) is 11.8 Å². The minimum absolute atomic E-state index is 0.0302.